The first-order chi connectivity index (χ1) is 19.0. The number of hydrogen-bond donors (Lipinski definition) is 2. The Balaban J connectivity index is 2.08. The Kier molecular flexibility index (Phi) is 8.85. The maximum absolute atomic E-state index is 13.4. The molecule has 0 bridgehead atoms. The van der Waals surface area contributed by atoms with Crippen molar-refractivity contribution in [3.63, 3.8) is 0 Å². The Hall–Kier alpha value is -3.82. The zero-order valence-electron chi connectivity index (χ0n) is 23.1. The Morgan fingerprint density at radius 3 is 2.42 bits per heavy atom. The molecule has 210 valence electrons. The monoisotopic (exact) mass is 583 g/mol. The molecule has 0 amide bonds. The van der Waals surface area contributed by atoms with Crippen molar-refractivity contribution in [2.24, 2.45) is 0 Å². The Morgan fingerprint density at radius 2 is 1.80 bits per heavy atom. The Labute approximate surface area is 242 Å². The zero-order valence-corrected chi connectivity index (χ0v) is 24.6. The van der Waals surface area contributed by atoms with Crippen LogP contribution in [0.1, 0.15) is 71.2 Å². The van der Waals surface area contributed by atoms with Gasteiger partial charge in [0.15, 0.2) is 5.69 Å². The van der Waals surface area contributed by atoms with E-state index in [1.807, 2.05) is 58.0 Å². The number of ether oxygens (including phenoxy) is 2. The lowest BCUT2D eigenvalue weighted by atomic mass is 9.89. The lowest BCUT2D eigenvalue weighted by molar-refractivity contribution is 0.0517. The number of halogens is 2. The average Bonchev–Trinajstić information content (AvgIpc) is 3.30. The number of aromatic amines is 1. The van der Waals surface area contributed by atoms with Crippen molar-refractivity contribution < 1.29 is 14.3 Å². The van der Waals surface area contributed by atoms with Gasteiger partial charge in [-0.25, -0.2) is 14.5 Å². The van der Waals surface area contributed by atoms with Crippen molar-refractivity contribution >= 4 is 34.9 Å². The van der Waals surface area contributed by atoms with Crippen molar-refractivity contribution in [3.05, 3.63) is 96.6 Å². The van der Waals surface area contributed by atoms with E-state index in [9.17, 15) is 9.59 Å². The number of aryl methyl sites for hydroxylation is 2. The van der Waals surface area contributed by atoms with E-state index in [1.54, 1.807) is 13.0 Å². The molecule has 4 aromatic rings. The molecule has 1 atom stereocenters. The van der Waals surface area contributed by atoms with Gasteiger partial charge in [0.25, 0.3) is 11.6 Å². The van der Waals surface area contributed by atoms with Crippen LogP contribution < -0.4 is 15.6 Å². The lowest BCUT2D eigenvalue weighted by Crippen LogP contribution is -2.21. The highest BCUT2D eigenvalue weighted by atomic mass is 35.5. The van der Waals surface area contributed by atoms with Gasteiger partial charge in [0.05, 0.1) is 31.6 Å². The summed E-state index contributed by atoms with van der Waals surface area (Å²) in [5.41, 5.74) is 4.40. The maximum Gasteiger partial charge on any atom is 0.359 e. The molecule has 0 aliphatic carbocycles. The summed E-state index contributed by atoms with van der Waals surface area (Å²) in [7, 11) is 1.41. The van der Waals surface area contributed by atoms with Gasteiger partial charge in [-0.05, 0) is 67.6 Å². The van der Waals surface area contributed by atoms with E-state index in [2.05, 4.69) is 20.4 Å². The molecule has 0 saturated heterocycles. The standard InChI is InChI=1S/C29H31Cl2N5O4/c1-7-40-28(38)25-23(26(15(2)3)36(35-25)22-14-32-29(39-6)34-27(22)37)24(20-11-10-18(30)12-17(20)5)33-21-13-19(31)9-8-16(21)4/h8-15,24,33H,7H2,1-6H3,(H,32,34,37). The molecule has 0 spiro atoms. The largest absolute Gasteiger partial charge is 0.468 e. The predicted octanol–water partition coefficient (Wildman–Crippen LogP) is 6.39. The van der Waals surface area contributed by atoms with Gasteiger partial charge in [-0.2, -0.15) is 5.10 Å². The van der Waals surface area contributed by atoms with Gasteiger partial charge in [0.2, 0.25) is 0 Å². The third kappa shape index (κ3) is 5.85. The van der Waals surface area contributed by atoms with Crippen LogP contribution in [0.3, 0.4) is 0 Å². The summed E-state index contributed by atoms with van der Waals surface area (Å²) >= 11 is 12.7. The number of aromatic nitrogens is 4. The van der Waals surface area contributed by atoms with E-state index < -0.39 is 17.6 Å². The highest BCUT2D eigenvalue weighted by Crippen LogP contribution is 2.39. The summed E-state index contributed by atoms with van der Waals surface area (Å²) in [6.07, 6.45) is 1.37. The van der Waals surface area contributed by atoms with Crippen LogP contribution in [0.4, 0.5) is 5.69 Å². The first-order valence-electron chi connectivity index (χ1n) is 12.8. The molecule has 4 rings (SSSR count). The second-order valence-corrected chi connectivity index (χ2v) is 10.5. The summed E-state index contributed by atoms with van der Waals surface area (Å²) in [6, 6.07) is 10.6. The fourth-order valence-corrected chi connectivity index (χ4v) is 5.02. The first kappa shape index (κ1) is 29.2. The van der Waals surface area contributed by atoms with Crippen molar-refractivity contribution in [2.75, 3.05) is 19.0 Å². The van der Waals surface area contributed by atoms with E-state index in [-0.39, 0.29) is 29.9 Å². The molecule has 11 heteroatoms. The van der Waals surface area contributed by atoms with E-state index in [4.69, 9.17) is 32.7 Å². The summed E-state index contributed by atoms with van der Waals surface area (Å²) in [5, 5.41) is 9.40. The predicted molar refractivity (Wildman–Crippen MR) is 156 cm³/mol. The number of H-pyrrole nitrogens is 1. The van der Waals surface area contributed by atoms with Gasteiger partial charge in [0.1, 0.15) is 5.69 Å². The van der Waals surface area contributed by atoms with Gasteiger partial charge < -0.3 is 14.8 Å². The molecule has 0 aliphatic heterocycles. The minimum absolute atomic E-state index is 0.0607. The molecule has 2 N–H and O–H groups in total. The molecule has 1 unspecified atom stereocenters. The van der Waals surface area contributed by atoms with Crippen molar-refractivity contribution in [3.8, 4) is 11.7 Å². The first-order valence-corrected chi connectivity index (χ1v) is 13.5. The highest BCUT2D eigenvalue weighted by Gasteiger charge is 2.34. The topological polar surface area (TPSA) is 111 Å². The number of nitrogens with one attached hydrogen (secondary N) is 2. The van der Waals surface area contributed by atoms with Gasteiger partial charge >= 0.3 is 5.97 Å². The third-order valence-electron chi connectivity index (χ3n) is 6.48. The molecule has 2 aromatic carbocycles. The molecule has 40 heavy (non-hydrogen) atoms. The Morgan fingerprint density at radius 1 is 1.10 bits per heavy atom. The number of nitrogens with zero attached hydrogens (tertiary/aromatic N) is 3. The molecule has 2 aromatic heterocycles. The van der Waals surface area contributed by atoms with Gasteiger partial charge in [0, 0.05) is 21.3 Å². The van der Waals surface area contributed by atoms with Crippen LogP contribution in [0.2, 0.25) is 10.0 Å². The van der Waals surface area contributed by atoms with Crippen LogP contribution in [0.25, 0.3) is 5.69 Å². The van der Waals surface area contributed by atoms with Crippen molar-refractivity contribution in [2.45, 2.75) is 46.6 Å². The molecular formula is C29H31Cl2N5O4. The SMILES string of the molecule is CCOC(=O)c1nn(-c2cnc(OC)[nH]c2=O)c(C(C)C)c1C(Nc1cc(Cl)ccc1C)c1ccc(Cl)cc1C. The molecule has 0 saturated carbocycles. The molecule has 0 aliphatic rings. The van der Waals surface area contributed by atoms with Crippen LogP contribution in [-0.4, -0.2) is 39.4 Å². The van der Waals surface area contributed by atoms with E-state index in [0.29, 0.717) is 21.3 Å². The maximum atomic E-state index is 13.4. The number of hydrogen-bond acceptors (Lipinski definition) is 7. The summed E-state index contributed by atoms with van der Waals surface area (Å²) in [4.78, 5) is 33.3. The second-order valence-electron chi connectivity index (χ2n) is 9.58. The fourth-order valence-electron chi connectivity index (χ4n) is 4.62. The van der Waals surface area contributed by atoms with Crippen LogP contribution in [0, 0.1) is 13.8 Å². The highest BCUT2D eigenvalue weighted by molar-refractivity contribution is 6.31. The minimum Gasteiger partial charge on any atom is -0.468 e. The average molecular weight is 585 g/mol. The number of carbonyl (C=O) groups excluding carboxylic acids is 1. The van der Waals surface area contributed by atoms with Crippen molar-refractivity contribution in [1.29, 1.82) is 0 Å². The quantitative estimate of drug-likeness (QED) is 0.219. The second kappa shape index (κ2) is 12.1. The van der Waals surface area contributed by atoms with E-state index in [1.165, 1.54) is 18.0 Å². The number of benzene rings is 2. The summed E-state index contributed by atoms with van der Waals surface area (Å²) in [5.74, 6) is -0.790. The van der Waals surface area contributed by atoms with Crippen molar-refractivity contribution in [1.82, 2.24) is 19.7 Å². The van der Waals surface area contributed by atoms with Gasteiger partial charge in [-0.15, -0.1) is 0 Å². The molecule has 0 fully saturated rings. The fraction of sp³-hybridized carbons (Fsp3) is 0.310. The van der Waals surface area contributed by atoms with E-state index in [0.717, 1.165) is 22.4 Å². The van der Waals surface area contributed by atoms with E-state index >= 15 is 0 Å². The van der Waals surface area contributed by atoms with Crippen LogP contribution in [-0.2, 0) is 4.74 Å². The molecule has 2 heterocycles. The minimum atomic E-state index is -0.614. The van der Waals surface area contributed by atoms with Crippen LogP contribution in [0.15, 0.2) is 47.4 Å². The molecular weight excluding hydrogens is 553 g/mol. The zero-order chi connectivity index (χ0) is 29.1. The molecule has 9 nitrogen and oxygen atoms in total. The van der Waals surface area contributed by atoms with Gasteiger partial charge in [-0.3, -0.25) is 9.78 Å². The normalized spacial score (nSPS) is 11.9. The number of methoxy groups -OCH3 is 1. The summed E-state index contributed by atoms with van der Waals surface area (Å²) < 4.78 is 12.0. The van der Waals surface area contributed by atoms with Gasteiger partial charge in [-0.1, -0.05) is 49.2 Å². The Bertz CT molecular complexity index is 1610. The number of anilines is 1. The third-order valence-corrected chi connectivity index (χ3v) is 6.95. The summed E-state index contributed by atoms with van der Waals surface area (Å²) in [6.45, 7) is 9.72. The number of rotatable bonds is 9. The smallest absolute Gasteiger partial charge is 0.359 e. The number of carbonyl (C=O) groups is 1. The van der Waals surface area contributed by atoms with Crippen LogP contribution >= 0.6 is 23.2 Å². The number of esters is 1. The molecule has 0 radical (unpaired) electrons. The lowest BCUT2D eigenvalue weighted by Gasteiger charge is -2.26. The van der Waals surface area contributed by atoms with Crippen LogP contribution in [0.5, 0.6) is 6.01 Å².